The van der Waals surface area contributed by atoms with Crippen LogP contribution in [0.5, 0.6) is 0 Å². The lowest BCUT2D eigenvalue weighted by atomic mass is 9.49. The van der Waals surface area contributed by atoms with Gasteiger partial charge < -0.3 is 15.0 Å². The van der Waals surface area contributed by atoms with Crippen LogP contribution in [0.3, 0.4) is 0 Å². The van der Waals surface area contributed by atoms with Crippen molar-refractivity contribution < 1.29 is 9.53 Å². The van der Waals surface area contributed by atoms with Gasteiger partial charge in [-0.25, -0.2) is 14.8 Å². The van der Waals surface area contributed by atoms with Gasteiger partial charge in [-0.05, 0) is 87.2 Å². The van der Waals surface area contributed by atoms with Gasteiger partial charge in [0.05, 0.1) is 23.6 Å². The van der Waals surface area contributed by atoms with Gasteiger partial charge in [0.25, 0.3) is 0 Å². The summed E-state index contributed by atoms with van der Waals surface area (Å²) in [6.07, 6.45) is 10.5. The third-order valence-corrected chi connectivity index (χ3v) is 9.26. The Morgan fingerprint density at radius 3 is 2.53 bits per heavy atom. The van der Waals surface area contributed by atoms with Crippen LogP contribution in [0, 0.1) is 30.1 Å². The number of aromatic nitrogens is 5. The molecule has 4 aliphatic carbocycles. The monoisotopic (exact) mass is 513 g/mol. The number of benzene rings is 1. The van der Waals surface area contributed by atoms with Crippen LogP contribution in [0.2, 0.25) is 0 Å². The minimum atomic E-state index is -0.356. The average Bonchev–Trinajstić information content (AvgIpc) is 3.30. The highest BCUT2D eigenvalue weighted by Gasteiger charge is 2.50. The van der Waals surface area contributed by atoms with Crippen LogP contribution in [0.1, 0.15) is 61.2 Å². The molecule has 0 atom stereocenters. The van der Waals surface area contributed by atoms with Gasteiger partial charge in [0.1, 0.15) is 24.4 Å². The number of rotatable bonds is 6. The summed E-state index contributed by atoms with van der Waals surface area (Å²) in [6.45, 7) is 3.98. The molecule has 1 aromatic carbocycles. The van der Waals surface area contributed by atoms with E-state index >= 15 is 0 Å². The van der Waals surface area contributed by atoms with Crippen LogP contribution >= 0.6 is 0 Å². The molecule has 4 fully saturated rings. The summed E-state index contributed by atoms with van der Waals surface area (Å²) in [4.78, 5) is 25.4. The molecule has 1 aliphatic heterocycles. The first-order valence-electron chi connectivity index (χ1n) is 14.0. The second kappa shape index (κ2) is 9.36. The Hall–Kier alpha value is -3.49. The number of aryl methyl sites for hydroxylation is 1. The van der Waals surface area contributed by atoms with E-state index in [1.165, 1.54) is 38.5 Å². The van der Waals surface area contributed by atoms with Crippen LogP contribution in [-0.2, 0) is 24.3 Å². The largest absolute Gasteiger partial charge is 0.443 e. The van der Waals surface area contributed by atoms with Crippen LogP contribution in [-0.4, -0.2) is 49.0 Å². The lowest BCUT2D eigenvalue weighted by Crippen LogP contribution is -2.49. The first-order chi connectivity index (χ1) is 18.5. The third kappa shape index (κ3) is 4.41. The van der Waals surface area contributed by atoms with E-state index in [-0.39, 0.29) is 12.7 Å². The molecular weight excluding hydrogens is 478 g/mol. The van der Waals surface area contributed by atoms with Crippen LogP contribution in [0.4, 0.5) is 10.6 Å². The second-order valence-corrected chi connectivity index (χ2v) is 12.0. The molecule has 2 aromatic heterocycles. The van der Waals surface area contributed by atoms with Crippen molar-refractivity contribution in [2.24, 2.45) is 23.2 Å². The molecule has 4 saturated carbocycles. The number of ether oxygens (including phenoxy) is 1. The van der Waals surface area contributed by atoms with E-state index in [0.29, 0.717) is 24.2 Å². The Labute approximate surface area is 223 Å². The number of nitrogens with one attached hydrogen (secondary N) is 1. The Morgan fingerprint density at radius 2 is 1.79 bits per heavy atom. The normalized spacial score (nSPS) is 27.3. The number of carbonyl (C=O) groups excluding carboxylic acids is 1. The average molecular weight is 514 g/mol. The molecular formula is C29H35N7O2. The Kier molecular flexibility index (Phi) is 5.82. The second-order valence-electron chi connectivity index (χ2n) is 12.0. The number of hydrogen-bond acceptors (Lipinski definition) is 7. The number of fused-ring (bicyclic) bond motifs is 1. The highest BCUT2D eigenvalue weighted by Crippen LogP contribution is 2.59. The maximum atomic E-state index is 12.9. The molecule has 198 valence electrons. The molecule has 9 heteroatoms. The molecule has 0 saturated heterocycles. The quantitative estimate of drug-likeness (QED) is 0.511. The van der Waals surface area contributed by atoms with Crippen molar-refractivity contribution in [3.05, 3.63) is 59.3 Å². The molecule has 1 amide bonds. The molecule has 0 unspecified atom stereocenters. The van der Waals surface area contributed by atoms with Crippen molar-refractivity contribution in [3.63, 3.8) is 0 Å². The van der Waals surface area contributed by atoms with Crippen molar-refractivity contribution in [1.82, 2.24) is 29.9 Å². The van der Waals surface area contributed by atoms with Crippen molar-refractivity contribution >= 4 is 11.9 Å². The Morgan fingerprint density at radius 1 is 1.05 bits per heavy atom. The van der Waals surface area contributed by atoms with Gasteiger partial charge in [-0.3, -0.25) is 0 Å². The van der Waals surface area contributed by atoms with Gasteiger partial charge in [-0.15, -0.1) is 5.10 Å². The van der Waals surface area contributed by atoms with E-state index in [0.717, 1.165) is 59.2 Å². The maximum Gasteiger partial charge on any atom is 0.410 e. The molecule has 0 spiro atoms. The molecule has 5 aliphatic rings. The molecule has 3 heterocycles. The predicted octanol–water partition coefficient (Wildman–Crippen LogP) is 4.69. The third-order valence-electron chi connectivity index (χ3n) is 9.26. The zero-order valence-electron chi connectivity index (χ0n) is 22.0. The van der Waals surface area contributed by atoms with Crippen LogP contribution < -0.4 is 5.32 Å². The summed E-state index contributed by atoms with van der Waals surface area (Å²) in [5.41, 5.74) is 4.75. The van der Waals surface area contributed by atoms with Gasteiger partial charge in [0, 0.05) is 18.7 Å². The van der Waals surface area contributed by atoms with Crippen molar-refractivity contribution in [1.29, 1.82) is 0 Å². The van der Waals surface area contributed by atoms with E-state index in [9.17, 15) is 4.79 Å². The fraction of sp³-hybridized carbons (Fsp3) is 0.552. The van der Waals surface area contributed by atoms with Gasteiger partial charge >= 0.3 is 6.09 Å². The van der Waals surface area contributed by atoms with Crippen molar-refractivity contribution in [2.45, 2.75) is 65.0 Å². The molecule has 4 bridgehead atoms. The van der Waals surface area contributed by atoms with Gasteiger partial charge in [0.2, 0.25) is 0 Å². The SMILES string of the molecule is Cc1nn(-c2ccccc2)nc1COC(=O)N1CCc2c(ncnc2NCC23CC4CC(CC(C4)C2)C3)C1. The molecule has 1 N–H and O–H groups in total. The van der Waals surface area contributed by atoms with Gasteiger partial charge in [-0.2, -0.15) is 9.90 Å². The fourth-order valence-corrected chi connectivity index (χ4v) is 7.88. The van der Waals surface area contributed by atoms with Crippen molar-refractivity contribution in [2.75, 3.05) is 18.4 Å². The summed E-state index contributed by atoms with van der Waals surface area (Å²) in [6, 6.07) is 9.71. The molecule has 3 aromatic rings. The number of hydrogen-bond donors (Lipinski definition) is 1. The maximum absolute atomic E-state index is 12.9. The molecule has 38 heavy (non-hydrogen) atoms. The highest BCUT2D eigenvalue weighted by molar-refractivity contribution is 5.68. The number of amides is 1. The smallest absolute Gasteiger partial charge is 0.410 e. The van der Waals surface area contributed by atoms with E-state index in [4.69, 9.17) is 4.74 Å². The number of para-hydroxylation sites is 1. The predicted molar refractivity (Wildman–Crippen MR) is 142 cm³/mol. The highest BCUT2D eigenvalue weighted by atomic mass is 16.6. The van der Waals surface area contributed by atoms with Crippen LogP contribution in [0.25, 0.3) is 5.69 Å². The van der Waals surface area contributed by atoms with Gasteiger partial charge in [-0.1, -0.05) is 18.2 Å². The number of anilines is 1. The topological polar surface area (TPSA) is 98.1 Å². The van der Waals surface area contributed by atoms with Crippen molar-refractivity contribution in [3.8, 4) is 5.69 Å². The molecule has 0 radical (unpaired) electrons. The summed E-state index contributed by atoms with van der Waals surface area (Å²) in [5, 5.41) is 12.7. The first-order valence-corrected chi connectivity index (χ1v) is 14.0. The van der Waals surface area contributed by atoms with E-state index in [1.54, 1.807) is 16.0 Å². The molecule has 8 rings (SSSR count). The zero-order valence-corrected chi connectivity index (χ0v) is 22.0. The standard InChI is InChI=1S/C29H35N7O2/c1-19-26(34-36(33-19)23-5-3-2-4-6-23)16-38-28(37)35-8-7-24-25(15-35)31-18-32-27(24)30-17-29-12-20-9-21(13-29)11-22(10-20)14-29/h2-6,18,20-22H,7-17H2,1H3,(H,30,31,32). The van der Waals surface area contributed by atoms with E-state index in [1.807, 2.05) is 37.3 Å². The van der Waals surface area contributed by atoms with Crippen LogP contribution in [0.15, 0.2) is 36.7 Å². The minimum Gasteiger partial charge on any atom is -0.443 e. The fourth-order valence-electron chi connectivity index (χ4n) is 7.88. The Balaban J connectivity index is 0.976. The first kappa shape index (κ1) is 23.6. The summed E-state index contributed by atoms with van der Waals surface area (Å²) >= 11 is 0. The molecule has 9 nitrogen and oxygen atoms in total. The van der Waals surface area contributed by atoms with E-state index in [2.05, 4.69) is 25.5 Å². The zero-order chi connectivity index (χ0) is 25.7. The lowest BCUT2D eigenvalue weighted by molar-refractivity contribution is -0.0444. The summed E-state index contributed by atoms with van der Waals surface area (Å²) in [7, 11) is 0. The summed E-state index contributed by atoms with van der Waals surface area (Å²) in [5.74, 6) is 3.77. The van der Waals surface area contributed by atoms with E-state index < -0.39 is 0 Å². The summed E-state index contributed by atoms with van der Waals surface area (Å²) < 4.78 is 5.64. The van der Waals surface area contributed by atoms with Gasteiger partial charge in [0.15, 0.2) is 0 Å². The number of nitrogens with zero attached hydrogens (tertiary/aromatic N) is 6. The number of carbonyl (C=O) groups is 1. The minimum absolute atomic E-state index is 0.0858. The lowest BCUT2D eigenvalue weighted by Gasteiger charge is -2.57. The Bertz CT molecular complexity index is 1300.